The first-order chi connectivity index (χ1) is 11.8. The van der Waals surface area contributed by atoms with E-state index in [1.165, 1.54) is 10.6 Å². The molecule has 6 heteroatoms. The normalized spacial score (nSPS) is 24.8. The summed E-state index contributed by atoms with van der Waals surface area (Å²) in [4.78, 5) is 2.01. The van der Waals surface area contributed by atoms with Crippen molar-refractivity contribution in [1.82, 2.24) is 4.31 Å². The molecule has 0 aromatic heterocycles. The van der Waals surface area contributed by atoms with Crippen molar-refractivity contribution in [1.29, 1.82) is 0 Å². The minimum Gasteiger partial charge on any atom is -0.459 e. The summed E-state index contributed by atoms with van der Waals surface area (Å²) in [5.41, 5.74) is 1.51. The van der Waals surface area contributed by atoms with Gasteiger partial charge in [-0.25, -0.2) is 8.42 Å². The van der Waals surface area contributed by atoms with Crippen molar-refractivity contribution in [2.75, 3.05) is 18.2 Å². The molecule has 25 heavy (non-hydrogen) atoms. The molecule has 0 unspecified atom stereocenters. The number of ether oxygens (including phenoxy) is 1. The third-order valence-electron chi connectivity index (χ3n) is 5.08. The number of anilines is 1. The van der Waals surface area contributed by atoms with Gasteiger partial charge in [-0.3, -0.25) is 4.31 Å². The molecule has 0 amide bonds. The van der Waals surface area contributed by atoms with E-state index < -0.39 is 15.4 Å². The second-order valence-corrected chi connectivity index (χ2v) is 8.59. The van der Waals surface area contributed by atoms with Crippen LogP contribution in [0.1, 0.15) is 12.5 Å². The zero-order valence-electron chi connectivity index (χ0n) is 14.4. The van der Waals surface area contributed by atoms with Crippen LogP contribution in [0, 0.1) is 0 Å². The van der Waals surface area contributed by atoms with Crippen molar-refractivity contribution < 1.29 is 13.2 Å². The van der Waals surface area contributed by atoms with Crippen LogP contribution in [0.5, 0.6) is 5.75 Å². The summed E-state index contributed by atoms with van der Waals surface area (Å²) < 4.78 is 32.4. The number of benzene rings is 2. The number of para-hydroxylation sites is 2. The van der Waals surface area contributed by atoms with Crippen LogP contribution >= 0.6 is 0 Å². The number of fused-ring (bicyclic) bond motifs is 3. The summed E-state index contributed by atoms with van der Waals surface area (Å²) in [6, 6.07) is 17.4. The van der Waals surface area contributed by atoms with Crippen LogP contribution in [0.4, 0.5) is 5.69 Å². The van der Waals surface area contributed by atoms with Gasteiger partial charge in [-0.2, -0.15) is 0 Å². The zero-order chi connectivity index (χ0) is 17.8. The molecule has 2 aromatic rings. The summed E-state index contributed by atoms with van der Waals surface area (Å²) in [5.74, 6) is 1.32. The van der Waals surface area contributed by atoms with Crippen LogP contribution in [0.2, 0.25) is 0 Å². The van der Waals surface area contributed by atoms with Crippen LogP contribution in [0.25, 0.3) is 0 Å². The van der Waals surface area contributed by atoms with E-state index >= 15 is 0 Å². The predicted octanol–water partition coefficient (Wildman–Crippen LogP) is 2.92. The quantitative estimate of drug-likeness (QED) is 0.848. The minimum atomic E-state index is -3.44. The van der Waals surface area contributed by atoms with Crippen molar-refractivity contribution in [2.45, 2.75) is 18.5 Å². The van der Waals surface area contributed by atoms with Crippen molar-refractivity contribution >= 4 is 15.7 Å². The standard InChI is InChI=1S/C19H20N2O3S/c1-19-15-11-7-8-12-16(15)20(2)18(19)21(25(3,22)23)13-17(19)24-14-9-5-4-6-10-14/h4-13,18H,1-3H3/t18-,19+/m1/s1. The van der Waals surface area contributed by atoms with Crippen LogP contribution in [-0.2, 0) is 15.4 Å². The number of hydrogen-bond acceptors (Lipinski definition) is 4. The van der Waals surface area contributed by atoms with E-state index in [0.717, 1.165) is 11.3 Å². The number of likely N-dealkylation sites (N-methyl/N-ethyl adjacent to an activating group) is 1. The molecular formula is C19H20N2O3S. The maximum atomic E-state index is 12.4. The van der Waals surface area contributed by atoms with Gasteiger partial charge in [0.2, 0.25) is 10.0 Å². The first kappa shape index (κ1) is 16.0. The maximum absolute atomic E-state index is 12.4. The Morgan fingerprint density at radius 1 is 1.04 bits per heavy atom. The molecule has 2 aromatic carbocycles. The van der Waals surface area contributed by atoms with Gasteiger partial charge in [-0.15, -0.1) is 0 Å². The third-order valence-corrected chi connectivity index (χ3v) is 6.15. The smallest absolute Gasteiger partial charge is 0.233 e. The van der Waals surface area contributed by atoms with Gasteiger partial charge in [-0.05, 0) is 30.7 Å². The van der Waals surface area contributed by atoms with E-state index in [1.54, 1.807) is 6.20 Å². The average molecular weight is 356 g/mol. The zero-order valence-corrected chi connectivity index (χ0v) is 15.2. The number of rotatable bonds is 3. The summed E-state index contributed by atoms with van der Waals surface area (Å²) in [6.07, 6.45) is 2.48. The number of sulfonamides is 1. The molecule has 2 aliphatic heterocycles. The Kier molecular flexibility index (Phi) is 3.37. The lowest BCUT2D eigenvalue weighted by atomic mass is 9.82. The monoisotopic (exact) mass is 356 g/mol. The highest BCUT2D eigenvalue weighted by Crippen LogP contribution is 2.54. The molecule has 2 atom stereocenters. The van der Waals surface area contributed by atoms with Gasteiger partial charge in [0, 0.05) is 12.7 Å². The molecule has 0 aliphatic carbocycles. The Hall–Kier alpha value is -2.47. The van der Waals surface area contributed by atoms with Gasteiger partial charge in [-0.1, -0.05) is 36.4 Å². The highest BCUT2D eigenvalue weighted by molar-refractivity contribution is 7.88. The van der Waals surface area contributed by atoms with Crippen LogP contribution in [0.3, 0.4) is 0 Å². The molecule has 5 nitrogen and oxygen atoms in total. The van der Waals surface area contributed by atoms with Gasteiger partial charge >= 0.3 is 0 Å². The maximum Gasteiger partial charge on any atom is 0.233 e. The third kappa shape index (κ3) is 2.24. The summed E-state index contributed by atoms with van der Waals surface area (Å²) in [6.45, 7) is 2.04. The van der Waals surface area contributed by atoms with Gasteiger partial charge in [0.15, 0.2) is 0 Å². The topological polar surface area (TPSA) is 49.9 Å². The van der Waals surface area contributed by atoms with Crippen molar-refractivity contribution in [2.24, 2.45) is 0 Å². The highest BCUT2D eigenvalue weighted by atomic mass is 32.2. The molecule has 0 N–H and O–H groups in total. The van der Waals surface area contributed by atoms with E-state index in [0.29, 0.717) is 11.5 Å². The molecule has 2 aliphatic rings. The number of hydrogen-bond donors (Lipinski definition) is 0. The summed E-state index contributed by atoms with van der Waals surface area (Å²) in [7, 11) is -1.51. The second-order valence-electron chi connectivity index (χ2n) is 6.71. The molecule has 0 saturated heterocycles. The minimum absolute atomic E-state index is 0.376. The van der Waals surface area contributed by atoms with Crippen LogP contribution in [0.15, 0.2) is 66.6 Å². The predicted molar refractivity (Wildman–Crippen MR) is 97.8 cm³/mol. The van der Waals surface area contributed by atoms with E-state index in [4.69, 9.17) is 4.74 Å². The first-order valence-corrected chi connectivity index (χ1v) is 9.94. The molecule has 2 heterocycles. The van der Waals surface area contributed by atoms with Crippen molar-refractivity contribution in [3.63, 3.8) is 0 Å². The molecule has 130 valence electrons. The van der Waals surface area contributed by atoms with E-state index in [9.17, 15) is 8.42 Å². The molecule has 0 bridgehead atoms. The van der Waals surface area contributed by atoms with Crippen molar-refractivity contribution in [3.8, 4) is 5.75 Å². The molecular weight excluding hydrogens is 336 g/mol. The van der Waals surface area contributed by atoms with Gasteiger partial charge < -0.3 is 9.64 Å². The van der Waals surface area contributed by atoms with Crippen LogP contribution < -0.4 is 9.64 Å². The molecule has 0 fully saturated rings. The Bertz CT molecular complexity index is 956. The fourth-order valence-corrected chi connectivity index (χ4v) is 4.91. The van der Waals surface area contributed by atoms with E-state index in [-0.39, 0.29) is 6.17 Å². The first-order valence-electron chi connectivity index (χ1n) is 8.09. The molecule has 0 saturated carbocycles. The summed E-state index contributed by atoms with van der Waals surface area (Å²) in [5, 5.41) is 0. The number of nitrogens with zero attached hydrogens (tertiary/aromatic N) is 2. The van der Waals surface area contributed by atoms with E-state index in [1.807, 2.05) is 73.5 Å². The molecule has 4 rings (SSSR count). The van der Waals surface area contributed by atoms with E-state index in [2.05, 4.69) is 0 Å². The van der Waals surface area contributed by atoms with Crippen molar-refractivity contribution in [3.05, 3.63) is 72.1 Å². The average Bonchev–Trinajstić information content (AvgIpc) is 3.00. The SMILES string of the molecule is CN1c2ccccc2[C@@]2(C)C(Oc3ccccc3)=CN(S(C)(=O)=O)[C@@H]12. The Labute approximate surface area is 148 Å². The summed E-state index contributed by atoms with van der Waals surface area (Å²) >= 11 is 0. The van der Waals surface area contributed by atoms with Gasteiger partial charge in [0.05, 0.1) is 17.9 Å². The molecule has 0 spiro atoms. The Morgan fingerprint density at radius 2 is 1.68 bits per heavy atom. The lowest BCUT2D eigenvalue weighted by Crippen LogP contribution is -2.50. The lowest BCUT2D eigenvalue weighted by Gasteiger charge is -2.34. The largest absolute Gasteiger partial charge is 0.459 e. The molecule has 0 radical (unpaired) electrons. The second kappa shape index (κ2) is 5.26. The van der Waals surface area contributed by atoms with Gasteiger partial charge in [0.25, 0.3) is 0 Å². The Morgan fingerprint density at radius 3 is 2.36 bits per heavy atom. The fourth-order valence-electron chi connectivity index (χ4n) is 3.91. The lowest BCUT2D eigenvalue weighted by molar-refractivity contribution is 0.287. The van der Waals surface area contributed by atoms with Gasteiger partial charge in [0.1, 0.15) is 17.7 Å². The Balaban J connectivity index is 1.88. The van der Waals surface area contributed by atoms with Crippen LogP contribution in [-0.4, -0.2) is 32.2 Å². The highest BCUT2D eigenvalue weighted by Gasteiger charge is 2.58. The fraction of sp³-hybridized carbons (Fsp3) is 0.263.